The molecule has 0 amide bonds. The molecule has 3 rings (SSSR count). The average Bonchev–Trinajstić information content (AvgIpc) is 3.04. The number of furan rings is 1. The van der Waals surface area contributed by atoms with E-state index in [2.05, 4.69) is 37.0 Å². The maximum absolute atomic E-state index is 12.7. The van der Waals surface area contributed by atoms with Crippen LogP contribution in [0, 0.1) is 0 Å². The first-order valence-electron chi connectivity index (χ1n) is 6.56. The third-order valence-corrected chi connectivity index (χ3v) is 4.37. The lowest BCUT2D eigenvalue weighted by Gasteiger charge is -2.04. The van der Waals surface area contributed by atoms with Gasteiger partial charge in [-0.1, -0.05) is 19.1 Å². The Hall–Kier alpha value is -1.40. The second kappa shape index (κ2) is 5.77. The van der Waals surface area contributed by atoms with Crippen molar-refractivity contribution in [2.24, 2.45) is 0 Å². The minimum Gasteiger partial charge on any atom is -0.451 e. The maximum atomic E-state index is 12.7. The molecule has 0 unspecified atom stereocenters. The van der Waals surface area contributed by atoms with Crippen LogP contribution in [0.4, 0.5) is 0 Å². The summed E-state index contributed by atoms with van der Waals surface area (Å²) in [7, 11) is 0. The molecule has 6 heteroatoms. The fourth-order valence-electron chi connectivity index (χ4n) is 2.23. The summed E-state index contributed by atoms with van der Waals surface area (Å²) in [6, 6.07) is 7.47. The number of halogens is 2. The molecule has 2 heterocycles. The Morgan fingerprint density at radius 1 is 1.33 bits per heavy atom. The molecule has 0 aliphatic heterocycles. The fraction of sp³-hybridized carbons (Fsp3) is 0.200. The Labute approximate surface area is 138 Å². The quantitative estimate of drug-likeness (QED) is 0.579. The molecule has 0 N–H and O–H groups in total. The Morgan fingerprint density at radius 2 is 2.14 bits per heavy atom. The van der Waals surface area contributed by atoms with Crippen molar-refractivity contribution in [3.63, 3.8) is 0 Å². The molecule has 0 spiro atoms. The second-order valence-corrected chi connectivity index (χ2v) is 6.37. The first-order valence-corrected chi connectivity index (χ1v) is 8.14. The van der Waals surface area contributed by atoms with Crippen LogP contribution in [0.15, 0.2) is 43.8 Å². The number of rotatable bonds is 4. The zero-order valence-electron chi connectivity index (χ0n) is 11.3. The minimum atomic E-state index is -0.170. The van der Waals surface area contributed by atoms with Crippen molar-refractivity contribution in [3.05, 3.63) is 50.9 Å². The van der Waals surface area contributed by atoms with Crippen LogP contribution in [0.25, 0.3) is 11.0 Å². The Balaban J connectivity index is 2.08. The first kappa shape index (κ1) is 14.5. The molecular weight excluding hydrogens is 400 g/mol. The van der Waals surface area contributed by atoms with Gasteiger partial charge in [-0.25, -0.2) is 0 Å². The van der Waals surface area contributed by atoms with Gasteiger partial charge in [0, 0.05) is 11.9 Å². The first-order chi connectivity index (χ1) is 10.1. The van der Waals surface area contributed by atoms with Crippen LogP contribution in [0.3, 0.4) is 0 Å². The van der Waals surface area contributed by atoms with E-state index in [0.29, 0.717) is 28.1 Å². The van der Waals surface area contributed by atoms with Crippen LogP contribution in [-0.2, 0) is 6.54 Å². The lowest BCUT2D eigenvalue weighted by molar-refractivity contribution is 0.1000. The van der Waals surface area contributed by atoms with E-state index in [1.807, 2.05) is 25.1 Å². The maximum Gasteiger partial charge on any atom is 0.247 e. The molecular formula is C15H12Br2N2O2. The van der Waals surface area contributed by atoms with E-state index >= 15 is 0 Å². The van der Waals surface area contributed by atoms with E-state index < -0.39 is 0 Å². The number of hydrogen-bond acceptors (Lipinski definition) is 3. The average molecular weight is 412 g/mol. The van der Waals surface area contributed by atoms with Gasteiger partial charge in [-0.05, 0) is 50.4 Å². The Morgan fingerprint density at radius 3 is 2.86 bits per heavy atom. The van der Waals surface area contributed by atoms with Crippen molar-refractivity contribution in [1.29, 1.82) is 0 Å². The van der Waals surface area contributed by atoms with Gasteiger partial charge in [0.2, 0.25) is 5.78 Å². The monoisotopic (exact) mass is 410 g/mol. The zero-order valence-corrected chi connectivity index (χ0v) is 14.4. The van der Waals surface area contributed by atoms with Crippen LogP contribution in [0.2, 0.25) is 0 Å². The highest BCUT2D eigenvalue weighted by Crippen LogP contribution is 2.29. The number of nitrogens with zero attached hydrogens (tertiary/aromatic N) is 2. The van der Waals surface area contributed by atoms with E-state index in [0.717, 1.165) is 16.3 Å². The number of benzene rings is 1. The molecule has 0 saturated heterocycles. The molecule has 4 nitrogen and oxygen atoms in total. The van der Waals surface area contributed by atoms with Crippen LogP contribution in [0.1, 0.15) is 29.6 Å². The summed E-state index contributed by atoms with van der Waals surface area (Å²) in [6.07, 6.45) is 2.54. The molecule has 0 radical (unpaired) electrons. The van der Waals surface area contributed by atoms with Gasteiger partial charge < -0.3 is 4.42 Å². The summed E-state index contributed by atoms with van der Waals surface area (Å²) in [4.78, 5) is 12.7. The van der Waals surface area contributed by atoms with Crippen LogP contribution >= 0.6 is 31.9 Å². The molecule has 2 aromatic heterocycles. The van der Waals surface area contributed by atoms with Gasteiger partial charge in [0.25, 0.3) is 0 Å². The molecule has 108 valence electrons. The Kier molecular flexibility index (Phi) is 3.99. The third-order valence-electron chi connectivity index (χ3n) is 3.17. The number of aromatic nitrogens is 2. The van der Waals surface area contributed by atoms with Gasteiger partial charge in [0.1, 0.15) is 11.3 Å². The summed E-state index contributed by atoms with van der Waals surface area (Å²) in [5, 5.41) is 5.12. The van der Waals surface area contributed by atoms with E-state index in [-0.39, 0.29) is 5.78 Å². The van der Waals surface area contributed by atoms with Gasteiger partial charge in [0.05, 0.1) is 15.1 Å². The van der Waals surface area contributed by atoms with Crippen molar-refractivity contribution >= 4 is 48.6 Å². The highest BCUT2D eigenvalue weighted by Gasteiger charge is 2.22. The number of para-hydroxylation sites is 1. The van der Waals surface area contributed by atoms with Crippen molar-refractivity contribution in [3.8, 4) is 0 Å². The van der Waals surface area contributed by atoms with E-state index in [1.54, 1.807) is 16.9 Å². The molecule has 0 fully saturated rings. The highest BCUT2D eigenvalue weighted by atomic mass is 79.9. The molecule has 0 atom stereocenters. The fourth-order valence-corrected chi connectivity index (χ4v) is 3.16. The van der Waals surface area contributed by atoms with Crippen molar-refractivity contribution in [1.82, 2.24) is 9.78 Å². The molecule has 0 aliphatic carbocycles. The van der Waals surface area contributed by atoms with E-state index in [1.165, 1.54) is 0 Å². The third kappa shape index (κ3) is 2.58. The predicted octanol–water partition coefficient (Wildman–Crippen LogP) is 4.80. The van der Waals surface area contributed by atoms with Gasteiger partial charge in [0.15, 0.2) is 5.76 Å². The standard InChI is InChI=1S/C15H12Br2N2O2/c1-2-6-19-13(11(17)8-18-19)14(20)12-7-9-4-3-5-10(16)15(9)21-12/h3-5,7-8H,2,6H2,1H3. The molecule has 0 saturated carbocycles. The van der Waals surface area contributed by atoms with Crippen LogP contribution in [0.5, 0.6) is 0 Å². The van der Waals surface area contributed by atoms with Gasteiger partial charge in [-0.2, -0.15) is 5.10 Å². The molecule has 1 aromatic carbocycles. The summed E-state index contributed by atoms with van der Waals surface area (Å²) < 4.78 is 8.93. The largest absolute Gasteiger partial charge is 0.451 e. The second-order valence-electron chi connectivity index (χ2n) is 4.66. The molecule has 21 heavy (non-hydrogen) atoms. The molecule has 0 aliphatic rings. The molecule has 0 bridgehead atoms. The predicted molar refractivity (Wildman–Crippen MR) is 87.6 cm³/mol. The summed E-state index contributed by atoms with van der Waals surface area (Å²) in [5.74, 6) is 0.145. The number of carbonyl (C=O) groups is 1. The van der Waals surface area contributed by atoms with Crippen LogP contribution < -0.4 is 0 Å². The summed E-state index contributed by atoms with van der Waals surface area (Å²) >= 11 is 6.82. The van der Waals surface area contributed by atoms with Crippen molar-refractivity contribution in [2.45, 2.75) is 19.9 Å². The summed E-state index contributed by atoms with van der Waals surface area (Å²) in [6.45, 7) is 2.73. The smallest absolute Gasteiger partial charge is 0.247 e. The number of aryl methyl sites for hydroxylation is 1. The topological polar surface area (TPSA) is 48.0 Å². The lowest BCUT2D eigenvalue weighted by atomic mass is 10.2. The Bertz CT molecular complexity index is 820. The molecule has 3 aromatic rings. The van der Waals surface area contributed by atoms with Crippen molar-refractivity contribution < 1.29 is 9.21 Å². The van der Waals surface area contributed by atoms with E-state index in [9.17, 15) is 4.79 Å². The summed E-state index contributed by atoms with van der Waals surface area (Å²) in [5.41, 5.74) is 1.20. The van der Waals surface area contributed by atoms with Crippen molar-refractivity contribution in [2.75, 3.05) is 0 Å². The van der Waals surface area contributed by atoms with Gasteiger partial charge >= 0.3 is 0 Å². The van der Waals surface area contributed by atoms with Crippen LogP contribution in [-0.4, -0.2) is 15.6 Å². The van der Waals surface area contributed by atoms with Gasteiger partial charge in [-0.15, -0.1) is 0 Å². The number of hydrogen-bond donors (Lipinski definition) is 0. The SMILES string of the molecule is CCCn1ncc(Br)c1C(=O)c1cc2cccc(Br)c2o1. The number of ketones is 1. The van der Waals surface area contributed by atoms with Gasteiger partial charge in [-0.3, -0.25) is 9.48 Å². The number of carbonyl (C=O) groups excluding carboxylic acids is 1. The highest BCUT2D eigenvalue weighted by molar-refractivity contribution is 9.11. The normalized spacial score (nSPS) is 11.2. The minimum absolute atomic E-state index is 0.170. The zero-order chi connectivity index (χ0) is 15.0. The number of fused-ring (bicyclic) bond motifs is 1. The van der Waals surface area contributed by atoms with E-state index in [4.69, 9.17) is 4.42 Å². The lowest BCUT2D eigenvalue weighted by Crippen LogP contribution is -2.11.